The summed E-state index contributed by atoms with van der Waals surface area (Å²) in [6.07, 6.45) is 4.45. The minimum Gasteiger partial charge on any atom is -0.314 e. The monoisotopic (exact) mass is 945 g/mol. The molecule has 3 heteroatoms. The first-order chi connectivity index (χ1) is 35.6. The molecule has 9 aromatic rings. The summed E-state index contributed by atoms with van der Waals surface area (Å²) in [4.78, 5) is 5.16. The van der Waals surface area contributed by atoms with Crippen molar-refractivity contribution in [2.75, 3.05) is 9.80 Å². The van der Waals surface area contributed by atoms with E-state index in [9.17, 15) is 0 Å². The largest absolute Gasteiger partial charge is 0.314 e. The van der Waals surface area contributed by atoms with Gasteiger partial charge in [-0.1, -0.05) is 245 Å². The quantitative estimate of drug-likeness (QED) is 0.140. The van der Waals surface area contributed by atoms with Crippen LogP contribution in [0.2, 0.25) is 0 Å². The Morgan fingerprint density at radius 2 is 0.904 bits per heavy atom. The molecule has 1 aliphatic carbocycles. The van der Waals surface area contributed by atoms with Crippen LogP contribution in [0.4, 0.5) is 28.4 Å². The lowest BCUT2D eigenvalue weighted by Gasteiger charge is -2.48. The average molecular weight is 945 g/mol. The van der Waals surface area contributed by atoms with E-state index in [1.54, 1.807) is 0 Å². The molecule has 2 heterocycles. The van der Waals surface area contributed by atoms with Crippen molar-refractivity contribution in [3.05, 3.63) is 269 Å². The topological polar surface area (TPSA) is 6.48 Å². The van der Waals surface area contributed by atoms with Crippen LogP contribution in [-0.4, -0.2) is 6.71 Å². The van der Waals surface area contributed by atoms with Crippen LogP contribution in [0.15, 0.2) is 236 Å². The number of nitrogens with zero attached hydrogens (tertiary/aromatic N) is 2. The number of allylic oxidation sites excluding steroid dienone is 4. The zero-order valence-electron chi connectivity index (χ0n) is 43.7. The third-order valence-electron chi connectivity index (χ3n) is 16.0. The highest BCUT2D eigenvalue weighted by Crippen LogP contribution is 2.59. The Kier molecular flexibility index (Phi) is 12.5. The normalized spacial score (nSPS) is 14.9. The summed E-state index contributed by atoms with van der Waals surface area (Å²) in [6, 6.07) is 81.4. The number of anilines is 5. The lowest BCUT2D eigenvalue weighted by molar-refractivity contribution is 0.597. The van der Waals surface area contributed by atoms with Gasteiger partial charge in [-0.05, 0) is 131 Å². The number of rotatable bonds is 8. The van der Waals surface area contributed by atoms with Crippen molar-refractivity contribution in [3.63, 3.8) is 0 Å². The summed E-state index contributed by atoms with van der Waals surface area (Å²) < 4.78 is 0. The van der Waals surface area contributed by atoms with Gasteiger partial charge in [-0.3, -0.25) is 0 Å². The SMILES string of the molecule is CC.Cc1ccccc1B(c1ccccc1)c1ccc(-c2cccc(N3C4=C(C=C(c5ccccc5)CC4)C(C)(C)c4cc5c(cc43)C(C)(C)c3cc(-c4ccccc4)ccc3N5c3ccccc3)c2)cc1C. The zero-order valence-corrected chi connectivity index (χ0v) is 43.7. The summed E-state index contributed by atoms with van der Waals surface area (Å²) in [5.41, 5.74) is 26.4. The second kappa shape index (κ2) is 19.3. The second-order valence-corrected chi connectivity index (χ2v) is 21.0. The van der Waals surface area contributed by atoms with Crippen LogP contribution in [0.25, 0.3) is 27.8 Å². The highest BCUT2D eigenvalue weighted by atomic mass is 15.2. The Bertz CT molecular complexity index is 3550. The first-order valence-electron chi connectivity index (χ1n) is 26.4. The van der Waals surface area contributed by atoms with Crippen LogP contribution >= 0.6 is 0 Å². The molecule has 2 nitrogen and oxygen atoms in total. The van der Waals surface area contributed by atoms with Crippen molar-refractivity contribution in [3.8, 4) is 22.3 Å². The molecule has 0 saturated heterocycles. The lowest BCUT2D eigenvalue weighted by atomic mass is 9.35. The molecule has 0 saturated carbocycles. The van der Waals surface area contributed by atoms with Crippen LogP contribution < -0.4 is 26.2 Å². The molecule has 0 bridgehead atoms. The molecular weight excluding hydrogens is 880 g/mol. The third kappa shape index (κ3) is 8.35. The maximum atomic E-state index is 2.64. The maximum Gasteiger partial charge on any atom is 0.241 e. The number of benzene rings is 9. The fraction of sp³-hybridized carbons (Fsp3) is 0.171. The molecule has 9 aromatic carbocycles. The summed E-state index contributed by atoms with van der Waals surface area (Å²) >= 11 is 0. The number of para-hydroxylation sites is 1. The first-order valence-corrected chi connectivity index (χ1v) is 26.4. The van der Waals surface area contributed by atoms with E-state index >= 15 is 0 Å². The first kappa shape index (κ1) is 47.4. The van der Waals surface area contributed by atoms with Crippen molar-refractivity contribution in [1.82, 2.24) is 0 Å². The van der Waals surface area contributed by atoms with Crippen molar-refractivity contribution < 1.29 is 0 Å². The van der Waals surface area contributed by atoms with Gasteiger partial charge in [-0.2, -0.15) is 0 Å². The number of hydrogen-bond donors (Lipinski definition) is 0. The lowest BCUT2D eigenvalue weighted by Crippen LogP contribution is -2.53. The van der Waals surface area contributed by atoms with Crippen LogP contribution in [0.3, 0.4) is 0 Å². The Balaban J connectivity index is 0.00000284. The zero-order chi connectivity index (χ0) is 50.4. The fourth-order valence-electron chi connectivity index (χ4n) is 12.2. The maximum absolute atomic E-state index is 2.64. The van der Waals surface area contributed by atoms with E-state index in [1.807, 2.05) is 13.8 Å². The van der Waals surface area contributed by atoms with Gasteiger partial charge in [0, 0.05) is 27.9 Å². The molecule has 0 atom stereocenters. The predicted molar refractivity (Wildman–Crippen MR) is 315 cm³/mol. The Morgan fingerprint density at radius 1 is 0.384 bits per heavy atom. The van der Waals surface area contributed by atoms with E-state index in [-0.39, 0.29) is 17.5 Å². The molecular formula is C70H65BN2. The van der Waals surface area contributed by atoms with Gasteiger partial charge in [0.1, 0.15) is 0 Å². The van der Waals surface area contributed by atoms with E-state index in [0.717, 1.165) is 18.5 Å². The fourth-order valence-corrected chi connectivity index (χ4v) is 12.2. The van der Waals surface area contributed by atoms with Crippen molar-refractivity contribution in [2.24, 2.45) is 0 Å². The minimum atomic E-state index is -0.315. The van der Waals surface area contributed by atoms with E-state index in [1.165, 1.54) is 112 Å². The van der Waals surface area contributed by atoms with Gasteiger partial charge < -0.3 is 9.80 Å². The Hall–Kier alpha value is -7.88. The van der Waals surface area contributed by atoms with Gasteiger partial charge in [-0.25, -0.2) is 0 Å². The van der Waals surface area contributed by atoms with Gasteiger partial charge in [-0.15, -0.1) is 0 Å². The van der Waals surface area contributed by atoms with Gasteiger partial charge in [0.25, 0.3) is 0 Å². The van der Waals surface area contributed by atoms with Crippen LogP contribution in [0.5, 0.6) is 0 Å². The predicted octanol–water partition coefficient (Wildman–Crippen LogP) is 16.8. The number of hydrogen-bond acceptors (Lipinski definition) is 2. The van der Waals surface area contributed by atoms with Gasteiger partial charge in [0.2, 0.25) is 6.71 Å². The molecule has 0 N–H and O–H groups in total. The number of fused-ring (bicyclic) bond motifs is 3. The van der Waals surface area contributed by atoms with E-state index in [0.29, 0.717) is 0 Å². The summed E-state index contributed by atoms with van der Waals surface area (Å²) in [5, 5.41) is 0. The van der Waals surface area contributed by atoms with Crippen molar-refractivity contribution >= 4 is 57.1 Å². The smallest absolute Gasteiger partial charge is 0.241 e. The highest BCUT2D eigenvalue weighted by molar-refractivity contribution is 6.96. The Labute approximate surface area is 435 Å². The van der Waals surface area contributed by atoms with Crippen LogP contribution in [0.1, 0.15) is 87.8 Å². The van der Waals surface area contributed by atoms with Crippen LogP contribution in [0, 0.1) is 13.8 Å². The molecule has 0 aromatic heterocycles. The second-order valence-electron chi connectivity index (χ2n) is 21.0. The Morgan fingerprint density at radius 3 is 1.59 bits per heavy atom. The molecule has 12 rings (SSSR count). The minimum absolute atomic E-state index is 0.140. The van der Waals surface area contributed by atoms with Crippen LogP contribution in [-0.2, 0) is 10.8 Å². The molecule has 2 aliphatic heterocycles. The molecule has 0 fully saturated rings. The van der Waals surface area contributed by atoms with E-state index in [4.69, 9.17) is 0 Å². The molecule has 3 aliphatic rings. The molecule has 73 heavy (non-hydrogen) atoms. The van der Waals surface area contributed by atoms with Gasteiger partial charge in [0.05, 0.1) is 17.1 Å². The molecule has 0 amide bonds. The van der Waals surface area contributed by atoms with Crippen molar-refractivity contribution in [2.45, 2.75) is 79.1 Å². The van der Waals surface area contributed by atoms with Gasteiger partial charge in [0.15, 0.2) is 0 Å². The standard InChI is InChI=1S/C68H59BN2.C2H6/c1-46-22-19-20-33-61(46)69(54-28-15-9-16-29-54)62-37-34-51(40-47(62)2)50-27-21-32-56(41-50)71-64-39-36-53(49-25-13-8-14-26-49)43-58(64)68(5,6)60-44-65-59(45-66(60)71)67(3,4)57-42-52(48-23-11-7-12-24-48)35-38-63(57)70(65)55-30-17-10-18-31-55;1-2/h7-35,37-38,40-45H,36,39H2,1-6H3;1-2H3. The molecule has 358 valence electrons. The van der Waals surface area contributed by atoms with Gasteiger partial charge >= 0.3 is 0 Å². The summed E-state index contributed by atoms with van der Waals surface area (Å²) in [6.45, 7) is 18.4. The third-order valence-corrected chi connectivity index (χ3v) is 16.0. The van der Waals surface area contributed by atoms with E-state index in [2.05, 4.69) is 276 Å². The highest BCUT2D eigenvalue weighted by Gasteiger charge is 2.44. The number of aryl methyl sites for hydroxylation is 2. The average Bonchev–Trinajstić information content (AvgIpc) is 3.43. The summed E-state index contributed by atoms with van der Waals surface area (Å²) in [7, 11) is 0. The van der Waals surface area contributed by atoms with Crippen molar-refractivity contribution in [1.29, 1.82) is 0 Å². The molecule has 0 unspecified atom stereocenters. The van der Waals surface area contributed by atoms with E-state index < -0.39 is 0 Å². The molecule has 0 radical (unpaired) electrons. The molecule has 0 spiro atoms. The summed E-state index contributed by atoms with van der Waals surface area (Å²) in [5.74, 6) is 0.